The lowest BCUT2D eigenvalue weighted by Crippen LogP contribution is -2.48. The molecule has 0 aromatic heterocycles. The number of likely N-dealkylation sites (tertiary alicyclic amines) is 1. The van der Waals surface area contributed by atoms with Crippen LogP contribution in [0.3, 0.4) is 0 Å². The predicted octanol–water partition coefficient (Wildman–Crippen LogP) is -0.133. The van der Waals surface area contributed by atoms with Gasteiger partial charge >= 0.3 is 12.0 Å². The van der Waals surface area contributed by atoms with Crippen LogP contribution in [0.25, 0.3) is 0 Å². The smallest absolute Gasteiger partial charge is 0.320 e. The molecule has 0 aliphatic carbocycles. The fourth-order valence-corrected chi connectivity index (χ4v) is 2.65. The maximum Gasteiger partial charge on any atom is 0.320 e. The molecule has 0 bridgehead atoms. The van der Waals surface area contributed by atoms with Gasteiger partial charge in [0.05, 0.1) is 6.42 Å². The van der Waals surface area contributed by atoms with E-state index < -0.39 is 5.97 Å². The van der Waals surface area contributed by atoms with E-state index in [-0.39, 0.29) is 30.9 Å². The van der Waals surface area contributed by atoms with Gasteiger partial charge in [0.15, 0.2) is 0 Å². The number of rotatable bonds is 2. The van der Waals surface area contributed by atoms with Gasteiger partial charge in [-0.05, 0) is 19.3 Å². The molecule has 0 aromatic carbocycles. The molecule has 2 aliphatic rings. The van der Waals surface area contributed by atoms with Gasteiger partial charge in [-0.15, -0.1) is 0 Å². The second-order valence-corrected chi connectivity index (χ2v) is 4.99. The molecule has 7 nitrogen and oxygen atoms in total. The summed E-state index contributed by atoms with van der Waals surface area (Å²) in [6.07, 6.45) is 2.25. The summed E-state index contributed by atoms with van der Waals surface area (Å²) < 4.78 is 0. The molecular formula is C12H19N3O4. The van der Waals surface area contributed by atoms with E-state index >= 15 is 0 Å². The average molecular weight is 269 g/mol. The van der Waals surface area contributed by atoms with E-state index in [9.17, 15) is 14.4 Å². The van der Waals surface area contributed by atoms with E-state index in [2.05, 4.69) is 5.32 Å². The van der Waals surface area contributed by atoms with Crippen LogP contribution in [0.15, 0.2) is 0 Å². The Morgan fingerprint density at radius 1 is 1.32 bits per heavy atom. The highest BCUT2D eigenvalue weighted by atomic mass is 16.4. The first-order valence-corrected chi connectivity index (χ1v) is 6.62. The molecule has 2 saturated heterocycles. The largest absolute Gasteiger partial charge is 0.481 e. The van der Waals surface area contributed by atoms with Crippen LogP contribution in [0.2, 0.25) is 0 Å². The number of carboxylic acids is 1. The van der Waals surface area contributed by atoms with Crippen LogP contribution in [-0.2, 0) is 9.59 Å². The Kier molecular flexibility index (Phi) is 4.24. The molecule has 7 heteroatoms. The van der Waals surface area contributed by atoms with Gasteiger partial charge < -0.3 is 20.2 Å². The van der Waals surface area contributed by atoms with Crippen molar-refractivity contribution in [3.63, 3.8) is 0 Å². The summed E-state index contributed by atoms with van der Waals surface area (Å²) in [5.74, 6) is -1.04. The van der Waals surface area contributed by atoms with E-state index in [1.807, 2.05) is 0 Å². The second kappa shape index (κ2) is 5.90. The lowest BCUT2D eigenvalue weighted by molar-refractivity contribution is -0.138. The molecule has 3 amide bonds. The SMILES string of the molecule is O=C(O)CC1CCCN1C(=O)N1CCCNC(=O)C1. The number of carboxylic acid groups (broad SMARTS) is 1. The molecule has 1 unspecified atom stereocenters. The first kappa shape index (κ1) is 13.6. The fraction of sp³-hybridized carbons (Fsp3) is 0.750. The zero-order chi connectivity index (χ0) is 13.8. The summed E-state index contributed by atoms with van der Waals surface area (Å²) in [4.78, 5) is 37.7. The molecule has 2 rings (SSSR count). The Hall–Kier alpha value is -1.79. The monoisotopic (exact) mass is 269 g/mol. The van der Waals surface area contributed by atoms with Crippen molar-refractivity contribution in [2.45, 2.75) is 31.7 Å². The van der Waals surface area contributed by atoms with Gasteiger partial charge in [-0.2, -0.15) is 0 Å². The van der Waals surface area contributed by atoms with E-state index in [4.69, 9.17) is 5.11 Å². The van der Waals surface area contributed by atoms with E-state index in [0.29, 0.717) is 19.6 Å². The minimum Gasteiger partial charge on any atom is -0.481 e. The first-order valence-electron chi connectivity index (χ1n) is 6.62. The zero-order valence-electron chi connectivity index (χ0n) is 10.8. The van der Waals surface area contributed by atoms with Crippen molar-refractivity contribution in [3.05, 3.63) is 0 Å². The maximum atomic E-state index is 12.4. The summed E-state index contributed by atoms with van der Waals surface area (Å²) in [5.41, 5.74) is 0. The highest BCUT2D eigenvalue weighted by Gasteiger charge is 2.33. The lowest BCUT2D eigenvalue weighted by atomic mass is 10.1. The summed E-state index contributed by atoms with van der Waals surface area (Å²) in [5, 5.41) is 11.6. The highest BCUT2D eigenvalue weighted by Crippen LogP contribution is 2.22. The summed E-state index contributed by atoms with van der Waals surface area (Å²) in [7, 11) is 0. The van der Waals surface area contributed by atoms with Crippen LogP contribution >= 0.6 is 0 Å². The number of hydrogen-bond acceptors (Lipinski definition) is 3. The molecule has 1 atom stereocenters. The van der Waals surface area contributed by atoms with Gasteiger partial charge in [-0.1, -0.05) is 0 Å². The third-order valence-electron chi connectivity index (χ3n) is 3.57. The normalized spacial score (nSPS) is 24.0. The average Bonchev–Trinajstić information content (AvgIpc) is 2.68. The highest BCUT2D eigenvalue weighted by molar-refractivity contribution is 5.85. The number of nitrogens with one attached hydrogen (secondary N) is 1. The fourth-order valence-electron chi connectivity index (χ4n) is 2.65. The second-order valence-electron chi connectivity index (χ2n) is 4.99. The van der Waals surface area contributed by atoms with Crippen LogP contribution in [0.5, 0.6) is 0 Å². The molecule has 2 N–H and O–H groups in total. The number of amides is 3. The first-order chi connectivity index (χ1) is 9.08. The molecule has 0 radical (unpaired) electrons. The van der Waals surface area contributed by atoms with E-state index in [0.717, 1.165) is 19.3 Å². The maximum absolute atomic E-state index is 12.4. The number of urea groups is 1. The van der Waals surface area contributed by atoms with Crippen molar-refractivity contribution in [1.29, 1.82) is 0 Å². The predicted molar refractivity (Wildman–Crippen MR) is 66.6 cm³/mol. The molecular weight excluding hydrogens is 250 g/mol. The van der Waals surface area contributed by atoms with Crippen molar-refractivity contribution in [3.8, 4) is 0 Å². The van der Waals surface area contributed by atoms with Crippen LogP contribution in [-0.4, -0.2) is 65.0 Å². The van der Waals surface area contributed by atoms with Crippen molar-refractivity contribution in [1.82, 2.24) is 15.1 Å². The van der Waals surface area contributed by atoms with Crippen molar-refractivity contribution < 1.29 is 19.5 Å². The molecule has 0 spiro atoms. The van der Waals surface area contributed by atoms with Gasteiger partial charge in [-0.3, -0.25) is 9.59 Å². The standard InChI is InChI=1S/C12H19N3O4/c16-10-8-14(5-2-4-13-10)12(19)15-6-1-3-9(15)7-11(17)18/h9H,1-8H2,(H,13,16)(H,17,18). The molecule has 2 aliphatic heterocycles. The number of nitrogens with zero attached hydrogens (tertiary/aromatic N) is 2. The zero-order valence-corrected chi connectivity index (χ0v) is 10.8. The summed E-state index contributed by atoms with van der Waals surface area (Å²) in [6.45, 7) is 1.76. The van der Waals surface area contributed by atoms with Gasteiger partial charge in [0.1, 0.15) is 6.54 Å². The minimum atomic E-state index is -0.890. The number of hydrogen-bond donors (Lipinski definition) is 2. The Labute approximate surface area is 111 Å². The number of carbonyl (C=O) groups is 3. The van der Waals surface area contributed by atoms with Crippen molar-refractivity contribution >= 4 is 17.9 Å². The molecule has 19 heavy (non-hydrogen) atoms. The number of aliphatic carboxylic acids is 1. The Morgan fingerprint density at radius 3 is 2.84 bits per heavy atom. The molecule has 0 saturated carbocycles. The molecule has 2 fully saturated rings. The molecule has 2 heterocycles. The summed E-state index contributed by atoms with van der Waals surface area (Å²) in [6, 6.07) is -0.447. The van der Waals surface area contributed by atoms with Crippen molar-refractivity contribution in [2.75, 3.05) is 26.2 Å². The molecule has 106 valence electrons. The van der Waals surface area contributed by atoms with Gasteiger partial charge in [0.2, 0.25) is 5.91 Å². The van der Waals surface area contributed by atoms with E-state index in [1.54, 1.807) is 4.90 Å². The van der Waals surface area contributed by atoms with E-state index in [1.165, 1.54) is 4.90 Å². The van der Waals surface area contributed by atoms with Crippen LogP contribution in [0, 0.1) is 0 Å². The third kappa shape index (κ3) is 3.36. The van der Waals surface area contributed by atoms with Gasteiger partial charge in [0, 0.05) is 25.7 Å². The quantitative estimate of drug-likeness (QED) is 0.730. The Bertz CT molecular complexity index is 385. The third-order valence-corrected chi connectivity index (χ3v) is 3.57. The van der Waals surface area contributed by atoms with Crippen molar-refractivity contribution in [2.24, 2.45) is 0 Å². The topological polar surface area (TPSA) is 89.9 Å². The van der Waals surface area contributed by atoms with Crippen LogP contribution in [0.4, 0.5) is 4.79 Å². The lowest BCUT2D eigenvalue weighted by Gasteiger charge is -2.30. The van der Waals surface area contributed by atoms with Gasteiger partial charge in [0.25, 0.3) is 0 Å². The summed E-state index contributed by atoms with van der Waals surface area (Å²) >= 11 is 0. The molecule has 0 aromatic rings. The Morgan fingerprint density at radius 2 is 2.11 bits per heavy atom. The Balaban J connectivity index is 2.00. The van der Waals surface area contributed by atoms with Crippen LogP contribution in [0.1, 0.15) is 25.7 Å². The minimum absolute atomic E-state index is 0.0220. The van der Waals surface area contributed by atoms with Gasteiger partial charge in [-0.25, -0.2) is 4.79 Å². The number of carbonyl (C=O) groups excluding carboxylic acids is 2. The van der Waals surface area contributed by atoms with Crippen LogP contribution < -0.4 is 5.32 Å².